The molecule has 2 rings (SSSR count). The molecule has 1 aromatic carbocycles. The number of hydrogen-bond donors (Lipinski definition) is 1. The van der Waals surface area contributed by atoms with E-state index in [1.807, 2.05) is 12.1 Å². The third-order valence-electron chi connectivity index (χ3n) is 2.09. The van der Waals surface area contributed by atoms with Crippen LogP contribution >= 0.6 is 11.6 Å². The molecular formula is C10H8ClN3. The number of nitriles is 1. The average Bonchev–Trinajstić information content (AvgIpc) is 2.65. The van der Waals surface area contributed by atoms with Crippen molar-refractivity contribution in [3.63, 3.8) is 0 Å². The van der Waals surface area contributed by atoms with Gasteiger partial charge >= 0.3 is 0 Å². The number of imidazole rings is 1. The summed E-state index contributed by atoms with van der Waals surface area (Å²) in [5.41, 5.74) is 3.77. The van der Waals surface area contributed by atoms with Crippen LogP contribution in [-0.4, -0.2) is 9.97 Å². The number of rotatable bonds is 2. The molecule has 1 heterocycles. The Labute approximate surface area is 86.3 Å². The molecule has 1 aromatic heterocycles. The molecule has 2 aromatic rings. The predicted molar refractivity (Wildman–Crippen MR) is 55.0 cm³/mol. The summed E-state index contributed by atoms with van der Waals surface area (Å²) in [7, 11) is 0. The van der Waals surface area contributed by atoms with E-state index in [1.165, 1.54) is 0 Å². The summed E-state index contributed by atoms with van der Waals surface area (Å²) >= 11 is 5.80. The van der Waals surface area contributed by atoms with E-state index in [0.29, 0.717) is 12.3 Å². The smallest absolute Gasteiger partial charge is 0.0932 e. The highest BCUT2D eigenvalue weighted by Gasteiger charge is 2.05. The van der Waals surface area contributed by atoms with Crippen molar-refractivity contribution in [3.05, 3.63) is 29.6 Å². The van der Waals surface area contributed by atoms with Gasteiger partial charge in [-0.2, -0.15) is 5.26 Å². The number of hydrogen-bond acceptors (Lipinski definition) is 2. The van der Waals surface area contributed by atoms with E-state index in [-0.39, 0.29) is 0 Å². The fraction of sp³-hybridized carbons (Fsp3) is 0.200. The first-order valence-corrected chi connectivity index (χ1v) is 4.76. The summed E-state index contributed by atoms with van der Waals surface area (Å²) in [4.78, 5) is 7.18. The Balaban J connectivity index is 2.62. The van der Waals surface area contributed by atoms with Crippen molar-refractivity contribution < 1.29 is 0 Å². The van der Waals surface area contributed by atoms with Crippen molar-refractivity contribution >= 4 is 22.6 Å². The second-order valence-corrected chi connectivity index (χ2v) is 3.29. The van der Waals surface area contributed by atoms with Crippen LogP contribution in [-0.2, 0) is 12.3 Å². The number of H-pyrrole nitrogens is 1. The van der Waals surface area contributed by atoms with Crippen molar-refractivity contribution in [1.29, 1.82) is 5.26 Å². The van der Waals surface area contributed by atoms with Gasteiger partial charge in [-0.15, -0.1) is 11.6 Å². The van der Waals surface area contributed by atoms with Gasteiger partial charge in [0.1, 0.15) is 0 Å². The average molecular weight is 206 g/mol. The molecule has 0 saturated carbocycles. The van der Waals surface area contributed by atoms with Crippen LogP contribution in [0, 0.1) is 11.3 Å². The van der Waals surface area contributed by atoms with E-state index in [9.17, 15) is 0 Å². The van der Waals surface area contributed by atoms with Crippen molar-refractivity contribution in [3.8, 4) is 6.07 Å². The largest absolute Gasteiger partial charge is 0.345 e. The lowest BCUT2D eigenvalue weighted by atomic mass is 10.1. The minimum atomic E-state index is 0.402. The van der Waals surface area contributed by atoms with Crippen molar-refractivity contribution in [2.45, 2.75) is 12.3 Å². The molecule has 0 bridgehead atoms. The minimum Gasteiger partial charge on any atom is -0.345 e. The van der Waals surface area contributed by atoms with E-state index in [0.717, 1.165) is 22.2 Å². The van der Waals surface area contributed by atoms with Gasteiger partial charge in [-0.1, -0.05) is 6.07 Å². The molecule has 0 fully saturated rings. The maximum absolute atomic E-state index is 8.60. The Hall–Kier alpha value is -1.53. The lowest BCUT2D eigenvalue weighted by Gasteiger charge is -2.00. The van der Waals surface area contributed by atoms with E-state index in [4.69, 9.17) is 16.9 Å². The molecule has 0 atom stereocenters. The van der Waals surface area contributed by atoms with Gasteiger partial charge in [0.15, 0.2) is 0 Å². The van der Waals surface area contributed by atoms with Crippen LogP contribution in [0.2, 0.25) is 0 Å². The number of halogens is 1. The molecule has 0 aliphatic heterocycles. The van der Waals surface area contributed by atoms with Crippen LogP contribution in [0.5, 0.6) is 0 Å². The third kappa shape index (κ3) is 1.45. The first kappa shape index (κ1) is 9.04. The van der Waals surface area contributed by atoms with E-state index in [1.54, 1.807) is 6.33 Å². The third-order valence-corrected chi connectivity index (χ3v) is 2.38. The Morgan fingerprint density at radius 1 is 1.50 bits per heavy atom. The zero-order valence-electron chi connectivity index (χ0n) is 7.42. The maximum Gasteiger partial charge on any atom is 0.0932 e. The SMILES string of the molecule is N#CCc1cc(CCl)c2nc[nH]c2c1. The minimum absolute atomic E-state index is 0.402. The van der Waals surface area contributed by atoms with Gasteiger partial charge in [-0.25, -0.2) is 4.98 Å². The number of aromatic amines is 1. The van der Waals surface area contributed by atoms with Gasteiger partial charge < -0.3 is 4.98 Å². The number of nitrogens with zero attached hydrogens (tertiary/aromatic N) is 2. The van der Waals surface area contributed by atoms with Crippen LogP contribution in [0.4, 0.5) is 0 Å². The Morgan fingerprint density at radius 2 is 2.36 bits per heavy atom. The summed E-state index contributed by atoms with van der Waals surface area (Å²) in [6.07, 6.45) is 2.04. The zero-order valence-corrected chi connectivity index (χ0v) is 8.17. The predicted octanol–water partition coefficient (Wildman–Crippen LogP) is 2.37. The quantitative estimate of drug-likeness (QED) is 0.766. The molecule has 14 heavy (non-hydrogen) atoms. The molecule has 4 heteroatoms. The fourth-order valence-electron chi connectivity index (χ4n) is 1.48. The molecular weight excluding hydrogens is 198 g/mol. The molecule has 0 aliphatic rings. The number of nitrogens with one attached hydrogen (secondary N) is 1. The van der Waals surface area contributed by atoms with Crippen molar-refractivity contribution in [1.82, 2.24) is 9.97 Å². The molecule has 0 unspecified atom stereocenters. The molecule has 0 saturated heterocycles. The number of fused-ring (bicyclic) bond motifs is 1. The number of benzene rings is 1. The van der Waals surface area contributed by atoms with Crippen molar-refractivity contribution in [2.24, 2.45) is 0 Å². The Kier molecular flexibility index (Phi) is 2.38. The zero-order chi connectivity index (χ0) is 9.97. The van der Waals surface area contributed by atoms with Gasteiger partial charge in [0.2, 0.25) is 0 Å². The first-order chi connectivity index (χ1) is 6.85. The van der Waals surface area contributed by atoms with Crippen LogP contribution in [0.25, 0.3) is 11.0 Å². The first-order valence-electron chi connectivity index (χ1n) is 4.23. The monoisotopic (exact) mass is 205 g/mol. The topological polar surface area (TPSA) is 52.5 Å². The molecule has 3 nitrogen and oxygen atoms in total. The van der Waals surface area contributed by atoms with E-state index in [2.05, 4.69) is 16.0 Å². The molecule has 0 amide bonds. The highest BCUT2D eigenvalue weighted by atomic mass is 35.5. The van der Waals surface area contributed by atoms with Gasteiger partial charge in [0.05, 0.1) is 29.9 Å². The summed E-state index contributed by atoms with van der Waals surface area (Å²) in [6.45, 7) is 0. The standard InChI is InChI=1S/C10H8ClN3/c11-5-8-3-7(1-2-12)4-9-10(8)14-6-13-9/h3-4,6H,1,5H2,(H,13,14). The summed E-state index contributed by atoms with van der Waals surface area (Å²) in [5, 5.41) is 8.60. The van der Waals surface area contributed by atoms with Crippen LogP contribution in [0.15, 0.2) is 18.5 Å². The van der Waals surface area contributed by atoms with Gasteiger partial charge in [0.25, 0.3) is 0 Å². The molecule has 1 N–H and O–H groups in total. The van der Waals surface area contributed by atoms with Gasteiger partial charge in [-0.05, 0) is 17.2 Å². The molecule has 70 valence electrons. The second-order valence-electron chi connectivity index (χ2n) is 3.02. The summed E-state index contributed by atoms with van der Waals surface area (Å²) in [6, 6.07) is 5.98. The van der Waals surface area contributed by atoms with Crippen molar-refractivity contribution in [2.75, 3.05) is 0 Å². The molecule has 0 spiro atoms. The summed E-state index contributed by atoms with van der Waals surface area (Å²) in [5.74, 6) is 0.417. The number of alkyl halides is 1. The lowest BCUT2D eigenvalue weighted by Crippen LogP contribution is -1.87. The Bertz CT molecular complexity index is 496. The molecule has 0 aliphatic carbocycles. The van der Waals surface area contributed by atoms with Gasteiger partial charge in [-0.3, -0.25) is 0 Å². The van der Waals surface area contributed by atoms with Crippen LogP contribution in [0.3, 0.4) is 0 Å². The fourth-order valence-corrected chi connectivity index (χ4v) is 1.69. The second kappa shape index (κ2) is 3.69. The maximum atomic E-state index is 8.60. The lowest BCUT2D eigenvalue weighted by molar-refractivity contribution is 1.25. The van der Waals surface area contributed by atoms with Gasteiger partial charge in [0, 0.05) is 5.88 Å². The number of aromatic nitrogens is 2. The molecule has 0 radical (unpaired) electrons. The van der Waals surface area contributed by atoms with E-state index < -0.39 is 0 Å². The summed E-state index contributed by atoms with van der Waals surface area (Å²) < 4.78 is 0. The van der Waals surface area contributed by atoms with Crippen LogP contribution in [0.1, 0.15) is 11.1 Å². The van der Waals surface area contributed by atoms with Crippen LogP contribution < -0.4 is 0 Å². The highest BCUT2D eigenvalue weighted by Crippen LogP contribution is 2.19. The Morgan fingerprint density at radius 3 is 3.07 bits per heavy atom. The highest BCUT2D eigenvalue weighted by molar-refractivity contribution is 6.17. The van der Waals surface area contributed by atoms with E-state index >= 15 is 0 Å². The normalized spacial score (nSPS) is 10.3.